The fourth-order valence-corrected chi connectivity index (χ4v) is 0.876. The van der Waals surface area contributed by atoms with Crippen molar-refractivity contribution in [1.82, 2.24) is 0 Å². The minimum absolute atomic E-state index is 0.275. The summed E-state index contributed by atoms with van der Waals surface area (Å²) in [5.41, 5.74) is 0. The van der Waals surface area contributed by atoms with Gasteiger partial charge in [0.2, 0.25) is 0 Å². The van der Waals surface area contributed by atoms with Crippen LogP contribution in [0.15, 0.2) is 0 Å². The van der Waals surface area contributed by atoms with Gasteiger partial charge < -0.3 is 4.74 Å². The Morgan fingerprint density at radius 3 is 1.92 bits per heavy atom. The first-order valence-corrected chi connectivity index (χ1v) is 3.69. The summed E-state index contributed by atoms with van der Waals surface area (Å²) in [6, 6.07) is 0. The number of halogens is 5. The number of rotatable bonds is 5. The summed E-state index contributed by atoms with van der Waals surface area (Å²) in [5, 5.41) is 0. The normalized spacial score (nSPS) is 15.9. The van der Waals surface area contributed by atoms with E-state index >= 15 is 0 Å². The zero-order valence-electron chi connectivity index (χ0n) is 7.29. The summed E-state index contributed by atoms with van der Waals surface area (Å²) >= 11 is 0. The molecule has 0 fully saturated rings. The highest BCUT2D eigenvalue weighted by Crippen LogP contribution is 2.33. The van der Waals surface area contributed by atoms with E-state index in [1.54, 1.807) is 0 Å². The molecule has 0 aliphatic heterocycles. The van der Waals surface area contributed by atoms with E-state index < -0.39 is 24.6 Å². The second kappa shape index (κ2) is 4.21. The molecule has 0 aromatic heterocycles. The summed E-state index contributed by atoms with van der Waals surface area (Å²) in [5.74, 6) is -7.90. The van der Waals surface area contributed by atoms with Gasteiger partial charge in [-0.15, -0.1) is 0 Å². The smallest absolute Gasteiger partial charge is 0.307 e. The molecule has 0 bridgehead atoms. The molecule has 80 valence electrons. The predicted molar refractivity (Wildman–Crippen MR) is 37.0 cm³/mol. The minimum Gasteiger partial charge on any atom is -0.366 e. The van der Waals surface area contributed by atoms with Gasteiger partial charge in [-0.25, -0.2) is 22.0 Å². The highest BCUT2D eigenvalue weighted by Gasteiger charge is 2.53. The van der Waals surface area contributed by atoms with Crippen molar-refractivity contribution in [2.24, 2.45) is 0 Å². The van der Waals surface area contributed by atoms with Gasteiger partial charge >= 0.3 is 5.92 Å². The Morgan fingerprint density at radius 1 is 1.23 bits per heavy atom. The molecule has 1 unspecified atom stereocenters. The number of ether oxygens (including phenoxy) is 1. The Hall–Kier alpha value is -0.390. The quantitative estimate of drug-likeness (QED) is 0.628. The van der Waals surface area contributed by atoms with E-state index in [0.29, 0.717) is 0 Å². The lowest BCUT2D eigenvalue weighted by molar-refractivity contribution is -0.229. The Kier molecular flexibility index (Phi) is 4.09. The van der Waals surface area contributed by atoms with Crippen molar-refractivity contribution in [3.05, 3.63) is 0 Å². The molecule has 0 spiro atoms. The lowest BCUT2D eigenvalue weighted by Crippen LogP contribution is -2.48. The highest BCUT2D eigenvalue weighted by atomic mass is 19.3. The molecule has 0 radical (unpaired) electrons. The molecule has 0 aliphatic carbocycles. The topological polar surface area (TPSA) is 9.23 Å². The van der Waals surface area contributed by atoms with Crippen LogP contribution < -0.4 is 0 Å². The third-order valence-corrected chi connectivity index (χ3v) is 1.36. The van der Waals surface area contributed by atoms with Crippen LogP contribution in [0.5, 0.6) is 0 Å². The van der Waals surface area contributed by atoms with E-state index in [0.717, 1.165) is 0 Å². The third-order valence-electron chi connectivity index (χ3n) is 1.36. The molecule has 1 nitrogen and oxygen atoms in total. The van der Waals surface area contributed by atoms with Crippen LogP contribution in [0.2, 0.25) is 0 Å². The second-order valence-electron chi connectivity index (χ2n) is 2.69. The van der Waals surface area contributed by atoms with Crippen LogP contribution in [0.3, 0.4) is 0 Å². The lowest BCUT2D eigenvalue weighted by atomic mass is 10.1. The van der Waals surface area contributed by atoms with Gasteiger partial charge in [-0.2, -0.15) is 0 Å². The van der Waals surface area contributed by atoms with Crippen molar-refractivity contribution >= 4 is 0 Å². The Morgan fingerprint density at radius 2 is 1.69 bits per heavy atom. The molecule has 0 saturated heterocycles. The van der Waals surface area contributed by atoms with Crippen molar-refractivity contribution in [3.8, 4) is 0 Å². The van der Waals surface area contributed by atoms with Crippen LogP contribution >= 0.6 is 0 Å². The van der Waals surface area contributed by atoms with Gasteiger partial charge in [-0.05, 0) is 6.92 Å². The van der Waals surface area contributed by atoms with Crippen molar-refractivity contribution in [1.29, 1.82) is 0 Å². The fourth-order valence-electron chi connectivity index (χ4n) is 0.876. The standard InChI is InChI=1S/C7H11F5O/c1-3-13-5(6(2,9)10)7(11,12)4-8/h5H,3-4H2,1-2H3. The first kappa shape index (κ1) is 12.6. The molecule has 0 N–H and O–H groups in total. The summed E-state index contributed by atoms with van der Waals surface area (Å²) in [6.45, 7) is -0.908. The van der Waals surface area contributed by atoms with E-state index in [9.17, 15) is 22.0 Å². The van der Waals surface area contributed by atoms with Gasteiger partial charge in [0.25, 0.3) is 5.92 Å². The highest BCUT2D eigenvalue weighted by molar-refractivity contribution is 4.86. The average molecular weight is 206 g/mol. The van der Waals surface area contributed by atoms with Crippen molar-refractivity contribution in [2.45, 2.75) is 31.8 Å². The first-order chi connectivity index (χ1) is 5.75. The van der Waals surface area contributed by atoms with Gasteiger partial charge in [0, 0.05) is 13.5 Å². The zero-order valence-corrected chi connectivity index (χ0v) is 7.29. The van der Waals surface area contributed by atoms with Gasteiger partial charge in [0.15, 0.2) is 12.8 Å². The molecule has 0 amide bonds. The van der Waals surface area contributed by atoms with Gasteiger partial charge in [0.1, 0.15) is 0 Å². The van der Waals surface area contributed by atoms with Gasteiger partial charge in [-0.3, -0.25) is 0 Å². The van der Waals surface area contributed by atoms with Crippen LogP contribution in [-0.4, -0.2) is 31.2 Å². The first-order valence-electron chi connectivity index (χ1n) is 3.69. The largest absolute Gasteiger partial charge is 0.366 e. The molecular formula is C7H11F5O. The molecule has 0 aromatic rings. The maximum atomic E-state index is 12.5. The Labute approximate surface area is 72.9 Å². The van der Waals surface area contributed by atoms with E-state index in [4.69, 9.17) is 0 Å². The van der Waals surface area contributed by atoms with Crippen LogP contribution in [0.1, 0.15) is 13.8 Å². The van der Waals surface area contributed by atoms with Gasteiger partial charge in [0.05, 0.1) is 0 Å². The summed E-state index contributed by atoms with van der Waals surface area (Å²) in [7, 11) is 0. The second-order valence-corrected chi connectivity index (χ2v) is 2.69. The van der Waals surface area contributed by atoms with E-state index in [1.807, 2.05) is 0 Å². The van der Waals surface area contributed by atoms with E-state index in [2.05, 4.69) is 4.74 Å². The number of alkyl halides is 5. The molecular weight excluding hydrogens is 195 g/mol. The van der Waals surface area contributed by atoms with Crippen molar-refractivity contribution in [2.75, 3.05) is 13.3 Å². The summed E-state index contributed by atoms with van der Waals surface area (Å²) < 4.78 is 65.8. The SMILES string of the molecule is CCOC(C(C)(F)F)C(F)(F)CF. The van der Waals surface area contributed by atoms with Crippen LogP contribution in [-0.2, 0) is 4.74 Å². The number of hydrogen-bond acceptors (Lipinski definition) is 1. The molecule has 0 aliphatic rings. The van der Waals surface area contributed by atoms with Crippen LogP contribution in [0.25, 0.3) is 0 Å². The zero-order chi connectivity index (χ0) is 10.7. The predicted octanol–water partition coefficient (Wildman–Crippen LogP) is 2.65. The molecule has 1 atom stereocenters. The van der Waals surface area contributed by atoms with Crippen molar-refractivity contribution in [3.63, 3.8) is 0 Å². The van der Waals surface area contributed by atoms with E-state index in [-0.39, 0.29) is 13.5 Å². The molecule has 0 aromatic carbocycles. The maximum Gasteiger partial charge on any atom is 0.307 e. The minimum atomic E-state index is -4.14. The average Bonchev–Trinajstić information content (AvgIpc) is 1.98. The summed E-state index contributed by atoms with van der Waals surface area (Å²) in [4.78, 5) is 0. The van der Waals surface area contributed by atoms with Crippen molar-refractivity contribution < 1.29 is 26.7 Å². The molecule has 0 rings (SSSR count). The molecule has 0 saturated carbocycles. The van der Waals surface area contributed by atoms with Crippen LogP contribution in [0.4, 0.5) is 22.0 Å². The molecule has 13 heavy (non-hydrogen) atoms. The maximum absolute atomic E-state index is 12.5. The Balaban J connectivity index is 4.60. The molecule has 6 heteroatoms. The van der Waals surface area contributed by atoms with Gasteiger partial charge in [-0.1, -0.05) is 0 Å². The summed E-state index contributed by atoms with van der Waals surface area (Å²) in [6.07, 6.45) is -2.70. The third kappa shape index (κ3) is 3.46. The number of hydrogen-bond donors (Lipinski definition) is 0. The lowest BCUT2D eigenvalue weighted by Gasteiger charge is -2.28. The van der Waals surface area contributed by atoms with E-state index in [1.165, 1.54) is 6.92 Å². The fraction of sp³-hybridized carbons (Fsp3) is 1.00. The molecule has 0 heterocycles. The monoisotopic (exact) mass is 206 g/mol. The Bertz CT molecular complexity index is 153. The van der Waals surface area contributed by atoms with Crippen LogP contribution in [0, 0.1) is 0 Å².